The highest BCUT2D eigenvalue weighted by atomic mass is 32.1. The van der Waals surface area contributed by atoms with E-state index in [9.17, 15) is 4.79 Å². The molecule has 0 heterocycles. The molecule has 3 N–H and O–H groups in total. The molecule has 0 radical (unpaired) electrons. The molecule has 1 aromatic rings. The highest BCUT2D eigenvalue weighted by molar-refractivity contribution is 7.80. The molecular formula is C13H20N4OS. The van der Waals surface area contributed by atoms with Crippen LogP contribution in [0, 0.1) is 0 Å². The first-order valence-corrected chi connectivity index (χ1v) is 6.54. The summed E-state index contributed by atoms with van der Waals surface area (Å²) in [6.07, 6.45) is 0.988. The molecule has 1 rings (SSSR count). The molecule has 6 heteroatoms. The van der Waals surface area contributed by atoms with E-state index in [1.165, 1.54) is 0 Å². The second-order valence-electron chi connectivity index (χ2n) is 4.36. The van der Waals surface area contributed by atoms with Crippen LogP contribution in [0.15, 0.2) is 30.3 Å². The van der Waals surface area contributed by atoms with Gasteiger partial charge in [-0.25, -0.2) is 0 Å². The summed E-state index contributed by atoms with van der Waals surface area (Å²) in [6.45, 7) is 1.76. The van der Waals surface area contributed by atoms with Crippen molar-refractivity contribution in [3.05, 3.63) is 35.9 Å². The summed E-state index contributed by atoms with van der Waals surface area (Å²) in [6, 6.07) is 8.97. The van der Waals surface area contributed by atoms with Crippen molar-refractivity contribution in [2.24, 2.45) is 0 Å². The third-order valence-corrected chi connectivity index (χ3v) is 2.64. The monoisotopic (exact) mass is 280 g/mol. The highest BCUT2D eigenvalue weighted by Gasteiger charge is 2.03. The Bertz CT molecular complexity index is 408. The quantitative estimate of drug-likeness (QED) is 0.422. The van der Waals surface area contributed by atoms with Crippen LogP contribution in [0.2, 0.25) is 0 Å². The number of amides is 1. The number of rotatable bonds is 5. The molecule has 104 valence electrons. The Kier molecular flexibility index (Phi) is 6.84. The van der Waals surface area contributed by atoms with E-state index in [2.05, 4.69) is 21.1 Å². The van der Waals surface area contributed by atoms with Gasteiger partial charge in [-0.05, 0) is 51.4 Å². The summed E-state index contributed by atoms with van der Waals surface area (Å²) in [5.41, 5.74) is 5.81. The topological polar surface area (TPSA) is 56.4 Å². The second-order valence-corrected chi connectivity index (χ2v) is 4.77. The van der Waals surface area contributed by atoms with Gasteiger partial charge in [-0.3, -0.25) is 15.6 Å². The van der Waals surface area contributed by atoms with E-state index < -0.39 is 0 Å². The third kappa shape index (κ3) is 6.73. The summed E-state index contributed by atoms with van der Waals surface area (Å²) < 4.78 is 0. The van der Waals surface area contributed by atoms with Gasteiger partial charge in [-0.1, -0.05) is 18.2 Å². The number of hydrazine groups is 1. The molecule has 5 nitrogen and oxygen atoms in total. The molecule has 0 saturated carbocycles. The first-order valence-electron chi connectivity index (χ1n) is 6.13. The van der Waals surface area contributed by atoms with Crippen molar-refractivity contribution in [1.82, 2.24) is 21.1 Å². The van der Waals surface area contributed by atoms with Crippen LogP contribution in [0.1, 0.15) is 16.8 Å². The van der Waals surface area contributed by atoms with E-state index in [0.29, 0.717) is 10.7 Å². The highest BCUT2D eigenvalue weighted by Crippen LogP contribution is 1.96. The lowest BCUT2D eigenvalue weighted by Crippen LogP contribution is -2.47. The number of hydrogen-bond acceptors (Lipinski definition) is 3. The average Bonchev–Trinajstić information content (AvgIpc) is 2.41. The van der Waals surface area contributed by atoms with E-state index in [-0.39, 0.29) is 5.91 Å². The van der Waals surface area contributed by atoms with Crippen LogP contribution >= 0.6 is 12.2 Å². The number of carbonyl (C=O) groups is 1. The molecule has 0 atom stereocenters. The fourth-order valence-corrected chi connectivity index (χ4v) is 1.57. The van der Waals surface area contributed by atoms with Gasteiger partial charge in [-0.15, -0.1) is 0 Å². The zero-order valence-corrected chi connectivity index (χ0v) is 12.1. The van der Waals surface area contributed by atoms with Gasteiger partial charge >= 0.3 is 0 Å². The number of benzene rings is 1. The first kappa shape index (κ1) is 15.4. The summed E-state index contributed by atoms with van der Waals surface area (Å²) in [5, 5.41) is 3.44. The summed E-state index contributed by atoms with van der Waals surface area (Å²) >= 11 is 5.05. The van der Waals surface area contributed by atoms with E-state index in [1.807, 2.05) is 32.3 Å². The largest absolute Gasteiger partial charge is 0.361 e. The van der Waals surface area contributed by atoms with E-state index in [0.717, 1.165) is 19.5 Å². The van der Waals surface area contributed by atoms with Crippen molar-refractivity contribution < 1.29 is 4.79 Å². The lowest BCUT2D eigenvalue weighted by atomic mass is 10.2. The molecule has 0 aromatic heterocycles. The Morgan fingerprint density at radius 1 is 1.21 bits per heavy atom. The third-order valence-electron chi connectivity index (χ3n) is 2.39. The maximum absolute atomic E-state index is 11.7. The summed E-state index contributed by atoms with van der Waals surface area (Å²) in [7, 11) is 4.05. The molecule has 1 aromatic carbocycles. The summed E-state index contributed by atoms with van der Waals surface area (Å²) in [5.74, 6) is -0.210. The van der Waals surface area contributed by atoms with Gasteiger partial charge in [0.1, 0.15) is 0 Å². The van der Waals surface area contributed by atoms with Crippen LogP contribution in [-0.2, 0) is 0 Å². The van der Waals surface area contributed by atoms with Gasteiger partial charge in [0.05, 0.1) is 0 Å². The lowest BCUT2D eigenvalue weighted by molar-refractivity contribution is 0.0943. The zero-order valence-electron chi connectivity index (χ0n) is 11.3. The molecule has 0 saturated heterocycles. The Morgan fingerprint density at radius 2 is 1.89 bits per heavy atom. The van der Waals surface area contributed by atoms with Crippen LogP contribution in [0.5, 0.6) is 0 Å². The Balaban J connectivity index is 2.18. The number of hydrogen-bond donors (Lipinski definition) is 3. The van der Waals surface area contributed by atoms with Crippen molar-refractivity contribution in [2.45, 2.75) is 6.42 Å². The van der Waals surface area contributed by atoms with Crippen LogP contribution in [-0.4, -0.2) is 43.1 Å². The minimum absolute atomic E-state index is 0.210. The predicted molar refractivity (Wildman–Crippen MR) is 80.8 cm³/mol. The van der Waals surface area contributed by atoms with Crippen LogP contribution < -0.4 is 16.2 Å². The van der Waals surface area contributed by atoms with Gasteiger partial charge in [0, 0.05) is 12.1 Å². The number of thiocarbonyl (C=S) groups is 1. The molecule has 0 bridgehead atoms. The normalized spacial score (nSPS) is 10.1. The molecule has 0 fully saturated rings. The zero-order chi connectivity index (χ0) is 14.1. The lowest BCUT2D eigenvalue weighted by Gasteiger charge is -2.13. The first-order chi connectivity index (χ1) is 9.09. The van der Waals surface area contributed by atoms with E-state index >= 15 is 0 Å². The van der Waals surface area contributed by atoms with Gasteiger partial charge in [0.15, 0.2) is 5.11 Å². The smallest absolute Gasteiger partial charge is 0.269 e. The number of nitrogens with one attached hydrogen (secondary N) is 3. The molecule has 0 aliphatic rings. The van der Waals surface area contributed by atoms with E-state index in [1.54, 1.807) is 12.1 Å². The molecule has 0 aliphatic heterocycles. The van der Waals surface area contributed by atoms with Crippen LogP contribution in [0.4, 0.5) is 0 Å². The minimum Gasteiger partial charge on any atom is -0.361 e. The predicted octanol–water partition coefficient (Wildman–Crippen LogP) is 0.747. The van der Waals surface area contributed by atoms with Crippen molar-refractivity contribution in [3.8, 4) is 0 Å². The van der Waals surface area contributed by atoms with Crippen molar-refractivity contribution in [1.29, 1.82) is 0 Å². The van der Waals surface area contributed by atoms with Gasteiger partial charge in [-0.2, -0.15) is 0 Å². The number of carbonyl (C=O) groups excluding carboxylic acids is 1. The van der Waals surface area contributed by atoms with Crippen molar-refractivity contribution in [3.63, 3.8) is 0 Å². The number of nitrogens with zero attached hydrogens (tertiary/aromatic N) is 1. The maximum Gasteiger partial charge on any atom is 0.269 e. The van der Waals surface area contributed by atoms with E-state index in [4.69, 9.17) is 12.2 Å². The Morgan fingerprint density at radius 3 is 2.53 bits per heavy atom. The van der Waals surface area contributed by atoms with Crippen molar-refractivity contribution in [2.75, 3.05) is 27.2 Å². The molecule has 1 amide bonds. The van der Waals surface area contributed by atoms with Gasteiger partial charge < -0.3 is 10.2 Å². The molecule has 19 heavy (non-hydrogen) atoms. The van der Waals surface area contributed by atoms with Crippen LogP contribution in [0.25, 0.3) is 0 Å². The van der Waals surface area contributed by atoms with Gasteiger partial charge in [0.2, 0.25) is 0 Å². The van der Waals surface area contributed by atoms with Gasteiger partial charge in [0.25, 0.3) is 5.91 Å². The average molecular weight is 280 g/mol. The fourth-order valence-electron chi connectivity index (χ4n) is 1.42. The molecule has 0 aliphatic carbocycles. The fraction of sp³-hybridized carbons (Fsp3) is 0.385. The standard InChI is InChI=1S/C13H20N4OS/c1-17(2)10-6-9-14-13(19)16-15-12(18)11-7-4-3-5-8-11/h3-5,7-8H,6,9-10H2,1-2H3,(H,15,18)(H2,14,16,19). The molecular weight excluding hydrogens is 260 g/mol. The molecule has 0 spiro atoms. The Hall–Kier alpha value is -1.66. The van der Waals surface area contributed by atoms with Crippen molar-refractivity contribution >= 4 is 23.2 Å². The van der Waals surface area contributed by atoms with Crippen LogP contribution in [0.3, 0.4) is 0 Å². The Labute approximate surface area is 119 Å². The maximum atomic E-state index is 11.7. The summed E-state index contributed by atoms with van der Waals surface area (Å²) in [4.78, 5) is 13.8. The molecule has 0 unspecified atom stereocenters. The SMILES string of the molecule is CN(C)CCCNC(=S)NNC(=O)c1ccccc1. The second kappa shape index (κ2) is 8.44. The minimum atomic E-state index is -0.210.